The third-order valence-corrected chi connectivity index (χ3v) is 8.33. The highest BCUT2D eigenvalue weighted by molar-refractivity contribution is 5.91. The van der Waals surface area contributed by atoms with Crippen molar-refractivity contribution in [2.75, 3.05) is 39.8 Å². The minimum absolute atomic E-state index is 0.166. The monoisotopic (exact) mass is 574 g/mol. The van der Waals surface area contributed by atoms with Crippen molar-refractivity contribution in [3.05, 3.63) is 53.6 Å². The van der Waals surface area contributed by atoms with Gasteiger partial charge in [-0.2, -0.15) is 0 Å². The number of aryl methyl sites for hydroxylation is 1. The predicted molar refractivity (Wildman–Crippen MR) is 171 cm³/mol. The molecule has 2 aromatic carbocycles. The van der Waals surface area contributed by atoms with Crippen molar-refractivity contribution >= 4 is 22.9 Å². The number of piperidine rings is 1. The quantitative estimate of drug-likeness (QED) is 0.223. The van der Waals surface area contributed by atoms with Crippen LogP contribution >= 0.6 is 0 Å². The number of methoxy groups -OCH3 is 1. The number of amides is 1. The van der Waals surface area contributed by atoms with Crippen molar-refractivity contribution in [1.29, 1.82) is 0 Å². The van der Waals surface area contributed by atoms with Crippen LogP contribution in [0.2, 0.25) is 0 Å². The fourth-order valence-corrected chi connectivity index (χ4v) is 6.11. The maximum atomic E-state index is 14.0. The molecular weight excluding hydrogens is 524 g/mol. The van der Waals surface area contributed by atoms with Gasteiger partial charge in [0.05, 0.1) is 29.1 Å². The number of likely N-dealkylation sites (tertiary alicyclic amines) is 1. The van der Waals surface area contributed by atoms with Gasteiger partial charge in [-0.3, -0.25) is 4.79 Å². The molecule has 1 amide bonds. The number of nitrogens with zero attached hydrogens (tertiary/aromatic N) is 4. The average molecular weight is 575 g/mol. The number of imidazole rings is 1. The number of ether oxygens (including phenoxy) is 1. The molecule has 7 heteroatoms. The lowest BCUT2D eigenvalue weighted by molar-refractivity contribution is -0.137. The number of hydrogen-bond donors (Lipinski definition) is 0. The molecule has 0 radical (unpaired) electrons. The van der Waals surface area contributed by atoms with E-state index in [4.69, 9.17) is 9.72 Å². The van der Waals surface area contributed by atoms with Gasteiger partial charge in [-0.15, -0.1) is 0 Å². The summed E-state index contributed by atoms with van der Waals surface area (Å²) in [6, 6.07) is 13.8. The lowest BCUT2D eigenvalue weighted by Crippen LogP contribution is -2.46. The molecule has 2 heterocycles. The van der Waals surface area contributed by atoms with Gasteiger partial charge in [0.1, 0.15) is 5.82 Å². The molecule has 0 saturated carbocycles. The zero-order chi connectivity index (χ0) is 30.4. The van der Waals surface area contributed by atoms with Crippen LogP contribution in [0.3, 0.4) is 0 Å². The highest BCUT2D eigenvalue weighted by atomic mass is 16.5. The molecule has 0 spiro atoms. The van der Waals surface area contributed by atoms with Crippen molar-refractivity contribution in [2.24, 2.45) is 11.8 Å². The van der Waals surface area contributed by atoms with Crippen molar-refractivity contribution in [3.8, 4) is 11.4 Å². The Kier molecular flexibility index (Phi) is 10.5. The van der Waals surface area contributed by atoms with Crippen LogP contribution in [-0.4, -0.2) is 71.1 Å². The molecule has 1 aliphatic rings. The van der Waals surface area contributed by atoms with E-state index in [-0.39, 0.29) is 11.9 Å². The molecule has 0 aliphatic carbocycles. The van der Waals surface area contributed by atoms with Gasteiger partial charge < -0.3 is 19.1 Å². The fraction of sp³-hybridized carbons (Fsp3) is 0.571. The van der Waals surface area contributed by atoms with Crippen molar-refractivity contribution < 1.29 is 14.3 Å². The molecule has 4 rings (SSSR count). The van der Waals surface area contributed by atoms with E-state index in [1.54, 1.807) is 12.1 Å². The van der Waals surface area contributed by atoms with E-state index >= 15 is 0 Å². The molecule has 3 aromatic rings. The largest absolute Gasteiger partial charge is 0.465 e. The number of carbonyl (C=O) groups excluding carboxylic acids is 2. The smallest absolute Gasteiger partial charge is 0.337 e. The molecule has 1 fully saturated rings. The van der Waals surface area contributed by atoms with Gasteiger partial charge in [0.25, 0.3) is 0 Å². The zero-order valence-corrected chi connectivity index (χ0v) is 26.8. The second kappa shape index (κ2) is 13.9. The maximum Gasteiger partial charge on any atom is 0.337 e. The highest BCUT2D eigenvalue weighted by Gasteiger charge is 2.35. The molecule has 42 heavy (non-hydrogen) atoms. The molecular formula is C35H50N4O3. The first kappa shape index (κ1) is 31.7. The Labute approximate surface area is 252 Å². The standard InChI is InChI=1S/C35H50N4O3/c1-25(2)23-38(24-26(3)4)34(41)35(5,6)29-16-17-30-31(22-29)39(21-11-20-37-18-9-8-10-19-37)32(36-30)27-12-14-28(15-13-27)33(40)42-7/h12-17,22,25-26H,8-11,18-21,23-24H2,1-7H3. The minimum atomic E-state index is -0.677. The lowest BCUT2D eigenvalue weighted by atomic mass is 9.82. The van der Waals surface area contributed by atoms with Crippen LogP contribution in [0.1, 0.15) is 83.1 Å². The molecule has 228 valence electrons. The van der Waals surface area contributed by atoms with E-state index in [0.29, 0.717) is 17.4 Å². The number of fused-ring (bicyclic) bond motifs is 1. The van der Waals surface area contributed by atoms with Gasteiger partial charge >= 0.3 is 5.97 Å². The Morgan fingerprint density at radius 1 is 0.929 bits per heavy atom. The van der Waals surface area contributed by atoms with Gasteiger partial charge in [0.15, 0.2) is 0 Å². The van der Waals surface area contributed by atoms with Crippen LogP contribution in [-0.2, 0) is 21.5 Å². The summed E-state index contributed by atoms with van der Waals surface area (Å²) < 4.78 is 7.19. The van der Waals surface area contributed by atoms with Crippen LogP contribution in [0.15, 0.2) is 42.5 Å². The molecule has 1 aromatic heterocycles. The summed E-state index contributed by atoms with van der Waals surface area (Å²) in [6.45, 7) is 18.5. The maximum absolute atomic E-state index is 14.0. The van der Waals surface area contributed by atoms with Crippen molar-refractivity contribution in [2.45, 2.75) is 79.2 Å². The van der Waals surface area contributed by atoms with Crippen LogP contribution in [0.5, 0.6) is 0 Å². The number of esters is 1. The van der Waals surface area contributed by atoms with Gasteiger partial charge in [0, 0.05) is 25.2 Å². The number of benzene rings is 2. The first-order chi connectivity index (χ1) is 20.0. The van der Waals surface area contributed by atoms with E-state index in [9.17, 15) is 9.59 Å². The summed E-state index contributed by atoms with van der Waals surface area (Å²) in [4.78, 5) is 35.7. The Hall–Kier alpha value is -3.19. The number of aromatic nitrogens is 2. The molecule has 7 nitrogen and oxygen atoms in total. The second-order valence-electron chi connectivity index (χ2n) is 13.2. The normalized spacial score (nSPS) is 14.6. The molecule has 1 aliphatic heterocycles. The van der Waals surface area contributed by atoms with Crippen molar-refractivity contribution in [3.63, 3.8) is 0 Å². The van der Waals surface area contributed by atoms with E-state index < -0.39 is 5.41 Å². The van der Waals surface area contributed by atoms with Gasteiger partial charge in [-0.05, 0) is 94.4 Å². The zero-order valence-electron chi connectivity index (χ0n) is 26.8. The summed E-state index contributed by atoms with van der Waals surface area (Å²) in [5.74, 6) is 1.50. The number of carbonyl (C=O) groups is 2. The van der Waals surface area contributed by atoms with E-state index in [1.807, 2.05) is 30.9 Å². The van der Waals surface area contributed by atoms with Crippen LogP contribution < -0.4 is 0 Å². The summed E-state index contributed by atoms with van der Waals surface area (Å²) >= 11 is 0. The van der Waals surface area contributed by atoms with E-state index in [2.05, 4.69) is 55.4 Å². The summed E-state index contributed by atoms with van der Waals surface area (Å²) in [7, 11) is 1.40. The summed E-state index contributed by atoms with van der Waals surface area (Å²) in [6.07, 6.45) is 4.91. The van der Waals surface area contributed by atoms with Crippen LogP contribution in [0, 0.1) is 11.8 Å². The minimum Gasteiger partial charge on any atom is -0.465 e. The van der Waals surface area contributed by atoms with Gasteiger partial charge in [-0.1, -0.05) is 52.3 Å². The third-order valence-electron chi connectivity index (χ3n) is 8.33. The van der Waals surface area contributed by atoms with Crippen LogP contribution in [0.4, 0.5) is 0 Å². The summed E-state index contributed by atoms with van der Waals surface area (Å²) in [5, 5.41) is 0. The Morgan fingerprint density at radius 2 is 1.57 bits per heavy atom. The molecule has 0 unspecified atom stereocenters. The van der Waals surface area contributed by atoms with Crippen LogP contribution in [0.25, 0.3) is 22.4 Å². The van der Waals surface area contributed by atoms with E-state index in [0.717, 1.165) is 60.6 Å². The summed E-state index contributed by atoms with van der Waals surface area (Å²) in [5.41, 5.74) is 3.75. The first-order valence-corrected chi connectivity index (χ1v) is 15.7. The Bertz CT molecular complexity index is 1340. The number of hydrogen-bond acceptors (Lipinski definition) is 5. The van der Waals surface area contributed by atoms with E-state index in [1.165, 1.54) is 39.5 Å². The molecule has 0 N–H and O–H groups in total. The average Bonchev–Trinajstić information content (AvgIpc) is 3.34. The van der Waals surface area contributed by atoms with Crippen molar-refractivity contribution in [1.82, 2.24) is 19.4 Å². The molecule has 0 bridgehead atoms. The topological polar surface area (TPSA) is 67.7 Å². The van der Waals surface area contributed by atoms with Gasteiger partial charge in [-0.25, -0.2) is 9.78 Å². The lowest BCUT2D eigenvalue weighted by Gasteiger charge is -2.34. The molecule has 1 saturated heterocycles. The third kappa shape index (κ3) is 7.41. The van der Waals surface area contributed by atoms with Gasteiger partial charge in [0.2, 0.25) is 5.91 Å². The predicted octanol–water partition coefficient (Wildman–Crippen LogP) is 6.78. The first-order valence-electron chi connectivity index (χ1n) is 15.7. The Balaban J connectivity index is 1.71. The second-order valence-corrected chi connectivity index (χ2v) is 13.2. The highest BCUT2D eigenvalue weighted by Crippen LogP contribution is 2.32. The SMILES string of the molecule is COC(=O)c1ccc(-c2nc3ccc(C(C)(C)C(=O)N(CC(C)C)CC(C)C)cc3n2CCCN2CCCCC2)cc1. The molecule has 0 atom stereocenters. The Morgan fingerprint density at radius 3 is 2.17 bits per heavy atom. The fourth-order valence-electron chi connectivity index (χ4n) is 6.11. The number of rotatable bonds is 12.